The van der Waals surface area contributed by atoms with Crippen LogP contribution in [0.1, 0.15) is 27.0 Å². The zero-order valence-electron chi connectivity index (χ0n) is 8.55. The van der Waals surface area contributed by atoms with Crippen LogP contribution in [0.3, 0.4) is 0 Å². The van der Waals surface area contributed by atoms with E-state index in [-0.39, 0.29) is 0 Å². The van der Waals surface area contributed by atoms with E-state index in [1.807, 2.05) is 19.1 Å². The number of nitrogens with two attached hydrogens (primary N) is 1. The van der Waals surface area contributed by atoms with Crippen LogP contribution in [0.4, 0.5) is 0 Å². The van der Waals surface area contributed by atoms with Crippen LogP contribution in [0.25, 0.3) is 0 Å². The van der Waals surface area contributed by atoms with Crippen LogP contribution in [-0.4, -0.2) is 11.7 Å². The van der Waals surface area contributed by atoms with Gasteiger partial charge in [-0.1, -0.05) is 17.7 Å². The van der Waals surface area contributed by atoms with Gasteiger partial charge in [-0.2, -0.15) is 0 Å². The molecule has 0 spiro atoms. The second-order valence-corrected chi connectivity index (χ2v) is 3.47. The van der Waals surface area contributed by atoms with E-state index in [9.17, 15) is 9.59 Å². The van der Waals surface area contributed by atoms with Crippen LogP contribution in [0.2, 0.25) is 0 Å². The first-order valence-electron chi connectivity index (χ1n) is 4.35. The number of carbonyl (C=O) groups excluding carboxylic acids is 2. The van der Waals surface area contributed by atoms with Crippen molar-refractivity contribution in [1.82, 2.24) is 0 Å². The van der Waals surface area contributed by atoms with Gasteiger partial charge < -0.3 is 5.73 Å². The van der Waals surface area contributed by atoms with E-state index in [2.05, 4.69) is 0 Å². The fourth-order valence-electron chi connectivity index (χ4n) is 1.66. The quantitative estimate of drug-likeness (QED) is 0.565. The molecule has 3 nitrogen and oxygen atoms in total. The van der Waals surface area contributed by atoms with Gasteiger partial charge >= 0.3 is 0 Å². The number of carbonyl (C=O) groups is 2. The fraction of sp³-hybridized carbons (Fsp3) is 0.273. The molecule has 0 heterocycles. The summed E-state index contributed by atoms with van der Waals surface area (Å²) in [7, 11) is 0. The standard InChI is InChI=1S/C11H13NO2/c1-6-4-7(2)9(8(3)5-6)10(13)11(12)14/h4-5H,1-3H3,(H2,12,14). The molecule has 0 aliphatic heterocycles. The molecule has 1 aromatic rings. The predicted molar refractivity (Wildman–Crippen MR) is 54.2 cm³/mol. The third kappa shape index (κ3) is 1.82. The van der Waals surface area contributed by atoms with E-state index in [1.165, 1.54) is 0 Å². The molecule has 0 saturated carbocycles. The number of Topliss-reactive ketones (excluding diaryl/α,β-unsaturated/α-hetero) is 1. The summed E-state index contributed by atoms with van der Waals surface area (Å²) < 4.78 is 0. The number of hydrogen-bond donors (Lipinski definition) is 1. The molecule has 14 heavy (non-hydrogen) atoms. The molecule has 0 aliphatic carbocycles. The molecular weight excluding hydrogens is 178 g/mol. The lowest BCUT2D eigenvalue weighted by Gasteiger charge is -2.07. The van der Waals surface area contributed by atoms with Crippen molar-refractivity contribution in [2.45, 2.75) is 20.8 Å². The van der Waals surface area contributed by atoms with Gasteiger partial charge in [-0.05, 0) is 31.9 Å². The van der Waals surface area contributed by atoms with Crippen molar-refractivity contribution in [2.24, 2.45) is 5.73 Å². The first-order chi connectivity index (χ1) is 6.43. The van der Waals surface area contributed by atoms with Gasteiger partial charge in [0.1, 0.15) is 0 Å². The van der Waals surface area contributed by atoms with E-state index >= 15 is 0 Å². The van der Waals surface area contributed by atoms with Crippen LogP contribution < -0.4 is 5.73 Å². The van der Waals surface area contributed by atoms with Crippen molar-refractivity contribution >= 4 is 11.7 Å². The normalized spacial score (nSPS) is 9.93. The summed E-state index contributed by atoms with van der Waals surface area (Å²) in [6.45, 7) is 5.55. The molecule has 0 radical (unpaired) electrons. The Morgan fingerprint density at radius 2 is 1.50 bits per heavy atom. The lowest BCUT2D eigenvalue weighted by molar-refractivity contribution is -0.114. The van der Waals surface area contributed by atoms with Crippen molar-refractivity contribution in [1.29, 1.82) is 0 Å². The van der Waals surface area contributed by atoms with Crippen molar-refractivity contribution < 1.29 is 9.59 Å². The molecule has 0 aromatic heterocycles. The van der Waals surface area contributed by atoms with Gasteiger partial charge in [0, 0.05) is 5.56 Å². The minimum absolute atomic E-state index is 0.433. The number of benzene rings is 1. The molecular formula is C11H13NO2. The maximum Gasteiger partial charge on any atom is 0.289 e. The van der Waals surface area contributed by atoms with E-state index in [0.29, 0.717) is 5.56 Å². The highest BCUT2D eigenvalue weighted by Crippen LogP contribution is 2.16. The van der Waals surface area contributed by atoms with Crippen molar-refractivity contribution in [3.8, 4) is 0 Å². The number of amides is 1. The number of ketones is 1. The summed E-state index contributed by atoms with van der Waals surface area (Å²) in [5.41, 5.74) is 8.05. The molecule has 0 aliphatic rings. The van der Waals surface area contributed by atoms with Crippen molar-refractivity contribution in [2.75, 3.05) is 0 Å². The molecule has 1 rings (SSSR count). The summed E-state index contributed by atoms with van der Waals surface area (Å²) >= 11 is 0. The second-order valence-electron chi connectivity index (χ2n) is 3.47. The zero-order valence-corrected chi connectivity index (χ0v) is 8.55. The maximum atomic E-state index is 11.4. The average molecular weight is 191 g/mol. The molecule has 1 aromatic carbocycles. The lowest BCUT2D eigenvalue weighted by atomic mass is 9.96. The molecule has 0 fully saturated rings. The van der Waals surface area contributed by atoms with E-state index < -0.39 is 11.7 Å². The topological polar surface area (TPSA) is 60.2 Å². The minimum atomic E-state index is -0.903. The molecule has 0 atom stereocenters. The Morgan fingerprint density at radius 1 is 1.07 bits per heavy atom. The Balaban J connectivity index is 3.35. The first-order valence-corrected chi connectivity index (χ1v) is 4.35. The Kier molecular flexibility index (Phi) is 2.70. The third-order valence-corrected chi connectivity index (χ3v) is 2.13. The zero-order chi connectivity index (χ0) is 10.9. The van der Waals surface area contributed by atoms with Gasteiger partial charge in [0.15, 0.2) is 0 Å². The largest absolute Gasteiger partial charge is 0.363 e. The van der Waals surface area contributed by atoms with Crippen LogP contribution in [0.15, 0.2) is 12.1 Å². The molecule has 3 heteroatoms. The maximum absolute atomic E-state index is 11.4. The molecule has 1 amide bonds. The number of primary amides is 1. The van der Waals surface area contributed by atoms with Crippen molar-refractivity contribution in [3.63, 3.8) is 0 Å². The van der Waals surface area contributed by atoms with E-state index in [4.69, 9.17) is 5.73 Å². The van der Waals surface area contributed by atoms with Crippen LogP contribution in [-0.2, 0) is 4.79 Å². The average Bonchev–Trinajstić information content (AvgIpc) is 2.01. The van der Waals surface area contributed by atoms with Gasteiger partial charge in [-0.3, -0.25) is 9.59 Å². The van der Waals surface area contributed by atoms with Crippen LogP contribution >= 0.6 is 0 Å². The first kappa shape index (κ1) is 10.4. The highest BCUT2D eigenvalue weighted by Gasteiger charge is 2.17. The monoisotopic (exact) mass is 191 g/mol. The predicted octanol–water partition coefficient (Wildman–Crippen LogP) is 1.28. The number of rotatable bonds is 2. The Labute approximate surface area is 82.9 Å². The molecule has 0 bridgehead atoms. The SMILES string of the molecule is Cc1cc(C)c(C(=O)C(N)=O)c(C)c1. The van der Waals surface area contributed by atoms with Gasteiger partial charge in [0.2, 0.25) is 5.78 Å². The third-order valence-electron chi connectivity index (χ3n) is 2.13. The van der Waals surface area contributed by atoms with E-state index in [0.717, 1.165) is 16.7 Å². The summed E-state index contributed by atoms with van der Waals surface area (Å²) in [6, 6.07) is 3.73. The van der Waals surface area contributed by atoms with Crippen LogP contribution in [0, 0.1) is 20.8 Å². The summed E-state index contributed by atoms with van der Waals surface area (Å²) in [5.74, 6) is -1.51. The van der Waals surface area contributed by atoms with Gasteiger partial charge in [-0.15, -0.1) is 0 Å². The highest BCUT2D eigenvalue weighted by atomic mass is 16.2. The summed E-state index contributed by atoms with van der Waals surface area (Å²) in [4.78, 5) is 22.2. The fourth-order valence-corrected chi connectivity index (χ4v) is 1.66. The molecule has 74 valence electrons. The Bertz CT molecular complexity index is 385. The summed E-state index contributed by atoms with van der Waals surface area (Å²) in [5, 5.41) is 0. The molecule has 0 saturated heterocycles. The minimum Gasteiger partial charge on any atom is -0.363 e. The van der Waals surface area contributed by atoms with Gasteiger partial charge in [-0.25, -0.2) is 0 Å². The van der Waals surface area contributed by atoms with Gasteiger partial charge in [0.25, 0.3) is 5.91 Å². The van der Waals surface area contributed by atoms with Gasteiger partial charge in [0.05, 0.1) is 0 Å². The Morgan fingerprint density at radius 3 is 1.86 bits per heavy atom. The number of hydrogen-bond acceptors (Lipinski definition) is 2. The smallest absolute Gasteiger partial charge is 0.289 e. The number of aryl methyl sites for hydroxylation is 3. The van der Waals surface area contributed by atoms with Crippen molar-refractivity contribution in [3.05, 3.63) is 34.4 Å². The second kappa shape index (κ2) is 3.62. The highest BCUT2D eigenvalue weighted by molar-refractivity contribution is 6.42. The lowest BCUT2D eigenvalue weighted by Crippen LogP contribution is -2.24. The molecule has 2 N–H and O–H groups in total. The van der Waals surface area contributed by atoms with E-state index in [1.54, 1.807) is 13.8 Å². The Hall–Kier alpha value is -1.64. The summed E-state index contributed by atoms with van der Waals surface area (Å²) in [6.07, 6.45) is 0. The van der Waals surface area contributed by atoms with Crippen LogP contribution in [0.5, 0.6) is 0 Å². The molecule has 0 unspecified atom stereocenters.